The van der Waals surface area contributed by atoms with E-state index in [0.717, 1.165) is 30.6 Å². The van der Waals surface area contributed by atoms with Crippen molar-refractivity contribution in [2.75, 3.05) is 13.7 Å². The minimum Gasteiger partial charge on any atom is -0.493 e. The molecule has 3 rings (SSSR count). The van der Waals surface area contributed by atoms with Crippen molar-refractivity contribution in [3.05, 3.63) is 68.6 Å². The van der Waals surface area contributed by atoms with Crippen LogP contribution in [0.2, 0.25) is 0 Å². The molecule has 0 aliphatic heterocycles. The predicted octanol–water partition coefficient (Wildman–Crippen LogP) is 3.15. The van der Waals surface area contributed by atoms with Crippen LogP contribution in [-0.4, -0.2) is 23.2 Å². The van der Waals surface area contributed by atoms with Crippen molar-refractivity contribution < 1.29 is 14.4 Å². The lowest BCUT2D eigenvalue weighted by atomic mass is 9.69. The Morgan fingerprint density at radius 3 is 2.73 bits per heavy atom. The van der Waals surface area contributed by atoms with Crippen LogP contribution in [0.1, 0.15) is 24.8 Å². The molecule has 138 valence electrons. The Labute approximate surface area is 151 Å². The van der Waals surface area contributed by atoms with E-state index in [4.69, 9.17) is 9.47 Å². The number of nitrogens with zero attached hydrogens (tertiary/aromatic N) is 2. The first kappa shape index (κ1) is 18.1. The molecule has 0 amide bonds. The number of pyridine rings is 1. The van der Waals surface area contributed by atoms with Gasteiger partial charge >= 0.3 is 0 Å². The molecule has 1 saturated carbocycles. The Hall–Kier alpha value is -2.67. The van der Waals surface area contributed by atoms with Crippen LogP contribution in [0, 0.1) is 15.5 Å². The molecule has 7 heteroatoms. The minimum absolute atomic E-state index is 0.0766. The summed E-state index contributed by atoms with van der Waals surface area (Å²) >= 11 is 0. The Morgan fingerprint density at radius 1 is 1.27 bits per heavy atom. The number of methoxy groups -OCH3 is 1. The minimum atomic E-state index is -0.485. The monoisotopic (exact) mass is 358 g/mol. The lowest BCUT2D eigenvalue weighted by Gasteiger charge is -2.41. The summed E-state index contributed by atoms with van der Waals surface area (Å²) in [6, 6.07) is 10.2. The molecule has 0 unspecified atom stereocenters. The van der Waals surface area contributed by atoms with Gasteiger partial charge in [-0.2, -0.15) is 0 Å². The third kappa shape index (κ3) is 4.11. The first-order valence-corrected chi connectivity index (χ1v) is 8.57. The molecule has 1 aliphatic rings. The summed E-state index contributed by atoms with van der Waals surface area (Å²) in [4.78, 5) is 22.6. The van der Waals surface area contributed by atoms with E-state index in [1.165, 1.54) is 22.9 Å². The summed E-state index contributed by atoms with van der Waals surface area (Å²) in [5, 5.41) is 11.0. The maximum Gasteiger partial charge on any atom is 0.285 e. The second-order valence-corrected chi connectivity index (χ2v) is 6.83. The average molecular weight is 358 g/mol. The third-order valence-electron chi connectivity index (χ3n) is 4.85. The van der Waals surface area contributed by atoms with Gasteiger partial charge < -0.3 is 14.0 Å². The fourth-order valence-electron chi connectivity index (χ4n) is 3.26. The number of benzene rings is 1. The first-order chi connectivity index (χ1) is 12.5. The van der Waals surface area contributed by atoms with Crippen LogP contribution in [0.3, 0.4) is 0 Å². The summed E-state index contributed by atoms with van der Waals surface area (Å²) in [5.41, 5.74) is 0.551. The summed E-state index contributed by atoms with van der Waals surface area (Å²) in [7, 11) is 1.65. The summed E-state index contributed by atoms with van der Waals surface area (Å²) in [6.07, 6.45) is 4.25. The van der Waals surface area contributed by atoms with Crippen molar-refractivity contribution in [1.29, 1.82) is 0 Å². The highest BCUT2D eigenvalue weighted by Crippen LogP contribution is 2.42. The molecule has 1 heterocycles. The average Bonchev–Trinajstić information content (AvgIpc) is 2.59. The number of hydrogen-bond donors (Lipinski definition) is 0. The van der Waals surface area contributed by atoms with Crippen LogP contribution in [0.25, 0.3) is 0 Å². The highest BCUT2D eigenvalue weighted by atomic mass is 16.6. The lowest BCUT2D eigenvalue weighted by molar-refractivity contribution is -0.385. The molecular weight excluding hydrogens is 336 g/mol. The zero-order valence-corrected chi connectivity index (χ0v) is 14.7. The van der Waals surface area contributed by atoms with E-state index < -0.39 is 4.92 Å². The molecule has 0 bridgehead atoms. The van der Waals surface area contributed by atoms with Gasteiger partial charge in [0, 0.05) is 31.2 Å². The summed E-state index contributed by atoms with van der Waals surface area (Å²) < 4.78 is 12.6. The van der Waals surface area contributed by atoms with Crippen molar-refractivity contribution in [2.45, 2.75) is 32.4 Å². The molecule has 26 heavy (non-hydrogen) atoms. The van der Waals surface area contributed by atoms with Gasteiger partial charge in [-0.3, -0.25) is 14.9 Å². The van der Waals surface area contributed by atoms with E-state index in [0.29, 0.717) is 19.8 Å². The Balaban J connectivity index is 1.72. The molecule has 0 radical (unpaired) electrons. The van der Waals surface area contributed by atoms with Crippen LogP contribution in [0.15, 0.2) is 47.4 Å². The van der Waals surface area contributed by atoms with Gasteiger partial charge in [-0.25, -0.2) is 0 Å². The van der Waals surface area contributed by atoms with E-state index >= 15 is 0 Å². The molecule has 1 aromatic carbocycles. The van der Waals surface area contributed by atoms with Crippen molar-refractivity contribution in [3.8, 4) is 5.75 Å². The first-order valence-electron chi connectivity index (χ1n) is 8.57. The van der Waals surface area contributed by atoms with E-state index in [1.807, 2.05) is 24.3 Å². The Bertz CT molecular complexity index is 842. The highest BCUT2D eigenvalue weighted by Gasteiger charge is 2.38. The van der Waals surface area contributed by atoms with Crippen molar-refractivity contribution in [1.82, 2.24) is 4.57 Å². The van der Waals surface area contributed by atoms with Gasteiger partial charge in [0.1, 0.15) is 5.75 Å². The zero-order valence-electron chi connectivity index (χ0n) is 14.7. The van der Waals surface area contributed by atoms with E-state index in [9.17, 15) is 14.9 Å². The van der Waals surface area contributed by atoms with Crippen LogP contribution in [-0.2, 0) is 17.9 Å². The standard InChI is InChI=1S/C19H22N2O5/c1-25-12-15-4-2-5-17(10-15)26-14-19(8-3-9-19)13-20-11-16(21(23)24)6-7-18(20)22/h2,4-7,10-11H,3,8-9,12-14H2,1H3. The maximum absolute atomic E-state index is 12.1. The second kappa shape index (κ2) is 7.70. The van der Waals surface area contributed by atoms with Crippen molar-refractivity contribution in [3.63, 3.8) is 0 Å². The van der Waals surface area contributed by atoms with Gasteiger partial charge in [0.05, 0.1) is 24.3 Å². The van der Waals surface area contributed by atoms with Crippen LogP contribution < -0.4 is 10.3 Å². The quantitative estimate of drug-likeness (QED) is 0.535. The number of ether oxygens (including phenoxy) is 2. The highest BCUT2D eigenvalue weighted by molar-refractivity contribution is 5.28. The van der Waals surface area contributed by atoms with Gasteiger partial charge in [-0.05, 0) is 30.5 Å². The zero-order chi connectivity index (χ0) is 18.6. The van der Waals surface area contributed by atoms with E-state index in [1.54, 1.807) is 7.11 Å². The molecule has 7 nitrogen and oxygen atoms in total. The third-order valence-corrected chi connectivity index (χ3v) is 4.85. The smallest absolute Gasteiger partial charge is 0.285 e. The van der Waals surface area contributed by atoms with E-state index in [2.05, 4.69) is 0 Å². The lowest BCUT2D eigenvalue weighted by Crippen LogP contribution is -2.42. The van der Waals surface area contributed by atoms with Gasteiger partial charge in [-0.1, -0.05) is 18.6 Å². The fraction of sp³-hybridized carbons (Fsp3) is 0.421. The summed E-state index contributed by atoms with van der Waals surface area (Å²) in [5.74, 6) is 0.761. The number of nitro groups is 1. The molecule has 1 aliphatic carbocycles. The fourth-order valence-corrected chi connectivity index (χ4v) is 3.26. The van der Waals surface area contributed by atoms with Gasteiger partial charge in [0.25, 0.3) is 11.2 Å². The molecule has 0 atom stereocenters. The van der Waals surface area contributed by atoms with Gasteiger partial charge in [0.15, 0.2) is 0 Å². The molecular formula is C19H22N2O5. The maximum atomic E-state index is 12.1. The number of hydrogen-bond acceptors (Lipinski definition) is 5. The number of aromatic nitrogens is 1. The molecule has 0 N–H and O–H groups in total. The molecule has 0 saturated heterocycles. The molecule has 0 spiro atoms. The normalized spacial score (nSPS) is 15.3. The topological polar surface area (TPSA) is 83.6 Å². The predicted molar refractivity (Wildman–Crippen MR) is 96.3 cm³/mol. The van der Waals surface area contributed by atoms with Gasteiger partial charge in [0.2, 0.25) is 0 Å². The molecule has 2 aromatic rings. The van der Waals surface area contributed by atoms with Crippen LogP contribution in [0.4, 0.5) is 5.69 Å². The molecule has 1 fully saturated rings. The Kier molecular flexibility index (Phi) is 5.37. The Morgan fingerprint density at radius 2 is 2.08 bits per heavy atom. The second-order valence-electron chi connectivity index (χ2n) is 6.83. The van der Waals surface area contributed by atoms with E-state index in [-0.39, 0.29) is 16.7 Å². The molecule has 1 aromatic heterocycles. The van der Waals surface area contributed by atoms with Crippen molar-refractivity contribution >= 4 is 5.69 Å². The van der Waals surface area contributed by atoms with Crippen molar-refractivity contribution in [2.24, 2.45) is 5.41 Å². The van der Waals surface area contributed by atoms with Gasteiger partial charge in [-0.15, -0.1) is 0 Å². The SMILES string of the molecule is COCc1cccc(OCC2(Cn3cc([N+](=O)[O-])ccc3=O)CCC2)c1. The number of rotatable bonds is 8. The van der Waals surface area contributed by atoms with Crippen LogP contribution >= 0.6 is 0 Å². The summed E-state index contributed by atoms with van der Waals surface area (Å²) in [6.45, 7) is 1.41. The largest absolute Gasteiger partial charge is 0.493 e. The van der Waals surface area contributed by atoms with Crippen LogP contribution in [0.5, 0.6) is 5.75 Å².